The highest BCUT2D eigenvalue weighted by atomic mass is 19.1. The van der Waals surface area contributed by atoms with Crippen molar-refractivity contribution in [3.8, 4) is 5.75 Å². The molecule has 1 saturated heterocycles. The third-order valence-corrected chi connectivity index (χ3v) is 4.15. The molecular formula is C17H20FN3O3. The Morgan fingerprint density at radius 2 is 2.04 bits per heavy atom. The van der Waals surface area contributed by atoms with Crippen molar-refractivity contribution < 1.29 is 18.4 Å². The number of rotatable bonds is 4. The first kappa shape index (κ1) is 16.3. The van der Waals surface area contributed by atoms with E-state index in [0.29, 0.717) is 30.3 Å². The minimum Gasteiger partial charge on any atom is -0.461 e. The summed E-state index contributed by atoms with van der Waals surface area (Å²) in [4.78, 5) is 14.4. The third kappa shape index (κ3) is 3.67. The van der Waals surface area contributed by atoms with Crippen LogP contribution < -0.4 is 10.5 Å². The molecule has 1 unspecified atom stereocenters. The molecule has 2 heterocycles. The van der Waals surface area contributed by atoms with E-state index in [9.17, 15) is 9.18 Å². The molecule has 128 valence electrons. The molecule has 1 aromatic heterocycles. The topological polar surface area (TPSA) is 81.6 Å². The number of amides is 1. The lowest BCUT2D eigenvalue weighted by atomic mass is 9.93. The number of halogens is 1. The van der Waals surface area contributed by atoms with E-state index in [2.05, 4.69) is 5.16 Å². The van der Waals surface area contributed by atoms with Crippen LogP contribution in [0.5, 0.6) is 5.75 Å². The number of piperidine rings is 1. The van der Waals surface area contributed by atoms with Crippen LogP contribution in [0.1, 0.15) is 41.7 Å². The van der Waals surface area contributed by atoms with Gasteiger partial charge in [0.25, 0.3) is 5.91 Å². The molecule has 0 bridgehead atoms. The van der Waals surface area contributed by atoms with Crippen LogP contribution in [-0.4, -0.2) is 35.4 Å². The molecule has 0 spiro atoms. The normalized spacial score (nSPS) is 16.8. The molecule has 3 rings (SSSR count). The first-order valence-electron chi connectivity index (χ1n) is 7.95. The van der Waals surface area contributed by atoms with Crippen LogP contribution in [0.25, 0.3) is 0 Å². The monoisotopic (exact) mass is 333 g/mol. The SMILES string of the molecule is CC(F)Oc1ccc(C(=O)N2CCC(c3cc(N)on3)CC2)cc1. The fourth-order valence-electron chi connectivity index (χ4n) is 2.92. The molecule has 1 atom stereocenters. The third-order valence-electron chi connectivity index (χ3n) is 4.15. The molecule has 0 radical (unpaired) electrons. The summed E-state index contributed by atoms with van der Waals surface area (Å²) in [6, 6.07) is 8.27. The van der Waals surface area contributed by atoms with Crippen molar-refractivity contribution in [3.63, 3.8) is 0 Å². The molecule has 1 amide bonds. The van der Waals surface area contributed by atoms with Gasteiger partial charge in [-0.3, -0.25) is 4.79 Å². The highest BCUT2D eigenvalue weighted by molar-refractivity contribution is 5.94. The van der Waals surface area contributed by atoms with Crippen molar-refractivity contribution in [1.29, 1.82) is 0 Å². The van der Waals surface area contributed by atoms with Crippen LogP contribution in [0.3, 0.4) is 0 Å². The minimum absolute atomic E-state index is 0.0343. The maximum atomic E-state index is 12.8. The quantitative estimate of drug-likeness (QED) is 0.930. The molecule has 2 N–H and O–H groups in total. The lowest BCUT2D eigenvalue weighted by Gasteiger charge is -2.31. The molecule has 1 aromatic carbocycles. The molecule has 2 aromatic rings. The van der Waals surface area contributed by atoms with E-state index >= 15 is 0 Å². The minimum atomic E-state index is -1.38. The maximum Gasteiger partial charge on any atom is 0.253 e. The number of likely N-dealkylation sites (tertiary alicyclic amines) is 1. The smallest absolute Gasteiger partial charge is 0.253 e. The van der Waals surface area contributed by atoms with Gasteiger partial charge in [-0.15, -0.1) is 0 Å². The molecule has 7 heteroatoms. The number of carbonyl (C=O) groups is 1. The van der Waals surface area contributed by atoms with Crippen molar-refractivity contribution >= 4 is 11.8 Å². The molecule has 24 heavy (non-hydrogen) atoms. The number of alkyl halides is 1. The highest BCUT2D eigenvalue weighted by Crippen LogP contribution is 2.29. The number of ether oxygens (including phenoxy) is 1. The summed E-state index contributed by atoms with van der Waals surface area (Å²) >= 11 is 0. The van der Waals surface area contributed by atoms with Gasteiger partial charge in [0.1, 0.15) is 5.75 Å². The number of anilines is 1. The first-order chi connectivity index (χ1) is 11.5. The van der Waals surface area contributed by atoms with Crippen molar-refractivity contribution in [2.75, 3.05) is 18.8 Å². The second-order valence-corrected chi connectivity index (χ2v) is 5.91. The Balaban J connectivity index is 1.58. The zero-order chi connectivity index (χ0) is 17.1. The average molecular weight is 333 g/mol. The summed E-state index contributed by atoms with van der Waals surface area (Å²) in [6.45, 7) is 2.61. The van der Waals surface area contributed by atoms with Gasteiger partial charge in [0.05, 0.1) is 5.69 Å². The second kappa shape index (κ2) is 6.90. The fraction of sp³-hybridized carbons (Fsp3) is 0.412. The van der Waals surface area contributed by atoms with Crippen LogP contribution in [0.4, 0.5) is 10.3 Å². The second-order valence-electron chi connectivity index (χ2n) is 5.91. The Bertz CT molecular complexity index is 691. The van der Waals surface area contributed by atoms with Crippen molar-refractivity contribution in [2.45, 2.75) is 32.0 Å². The number of nitrogens with two attached hydrogens (primary N) is 1. The van der Waals surface area contributed by atoms with Crippen LogP contribution in [0, 0.1) is 0 Å². The van der Waals surface area contributed by atoms with E-state index in [1.54, 1.807) is 30.3 Å². The summed E-state index contributed by atoms with van der Waals surface area (Å²) in [5.74, 6) is 0.946. The average Bonchev–Trinajstić information content (AvgIpc) is 3.01. The van der Waals surface area contributed by atoms with Gasteiger partial charge in [-0.2, -0.15) is 0 Å². The number of nitrogen functional groups attached to an aromatic ring is 1. The molecule has 1 fully saturated rings. The number of benzene rings is 1. The number of carbonyl (C=O) groups excluding carboxylic acids is 1. The van der Waals surface area contributed by atoms with Crippen LogP contribution in [-0.2, 0) is 0 Å². The van der Waals surface area contributed by atoms with E-state index in [1.165, 1.54) is 6.92 Å². The Hall–Kier alpha value is -2.57. The summed E-state index contributed by atoms with van der Waals surface area (Å²) in [5.41, 5.74) is 6.97. The van der Waals surface area contributed by atoms with Crippen molar-refractivity contribution in [2.24, 2.45) is 0 Å². The van der Waals surface area contributed by atoms with E-state index in [-0.39, 0.29) is 11.8 Å². The van der Waals surface area contributed by atoms with Gasteiger partial charge in [0, 0.05) is 37.6 Å². The zero-order valence-electron chi connectivity index (χ0n) is 13.4. The van der Waals surface area contributed by atoms with Crippen LogP contribution in [0.15, 0.2) is 34.9 Å². The van der Waals surface area contributed by atoms with Gasteiger partial charge in [-0.25, -0.2) is 4.39 Å². The standard InChI is InChI=1S/C17H20FN3O3/c1-11(18)23-14-4-2-13(3-5-14)17(22)21-8-6-12(7-9-21)15-10-16(19)24-20-15/h2-5,10-12H,6-9,19H2,1H3. The van der Waals surface area contributed by atoms with Crippen molar-refractivity contribution in [1.82, 2.24) is 10.1 Å². The zero-order valence-corrected chi connectivity index (χ0v) is 13.4. The van der Waals surface area contributed by atoms with Gasteiger partial charge >= 0.3 is 0 Å². The van der Waals surface area contributed by atoms with Crippen LogP contribution in [0.2, 0.25) is 0 Å². The first-order valence-corrected chi connectivity index (χ1v) is 7.95. The lowest BCUT2D eigenvalue weighted by molar-refractivity contribution is 0.0711. The van der Waals surface area contributed by atoms with Gasteiger partial charge in [-0.1, -0.05) is 5.16 Å². The predicted molar refractivity (Wildman–Crippen MR) is 86.4 cm³/mol. The fourth-order valence-corrected chi connectivity index (χ4v) is 2.92. The molecule has 1 aliphatic rings. The van der Waals surface area contributed by atoms with E-state index in [4.69, 9.17) is 15.0 Å². The molecule has 6 nitrogen and oxygen atoms in total. The van der Waals surface area contributed by atoms with Crippen molar-refractivity contribution in [3.05, 3.63) is 41.6 Å². The van der Waals surface area contributed by atoms with Gasteiger partial charge in [0.2, 0.25) is 12.2 Å². The Labute approximate surface area is 139 Å². The number of hydrogen-bond acceptors (Lipinski definition) is 5. The van der Waals surface area contributed by atoms with E-state index in [0.717, 1.165) is 18.5 Å². The molecular weight excluding hydrogens is 313 g/mol. The molecule has 1 aliphatic heterocycles. The van der Waals surface area contributed by atoms with Crippen LogP contribution >= 0.6 is 0 Å². The Morgan fingerprint density at radius 1 is 1.38 bits per heavy atom. The molecule has 0 aliphatic carbocycles. The molecule has 0 saturated carbocycles. The van der Waals surface area contributed by atoms with Gasteiger partial charge in [0.15, 0.2) is 0 Å². The highest BCUT2D eigenvalue weighted by Gasteiger charge is 2.26. The summed E-state index contributed by atoms with van der Waals surface area (Å²) in [5, 5.41) is 3.95. The van der Waals surface area contributed by atoms with E-state index < -0.39 is 6.36 Å². The summed E-state index contributed by atoms with van der Waals surface area (Å²) < 4.78 is 22.6. The van der Waals surface area contributed by atoms with E-state index in [1.807, 2.05) is 4.90 Å². The summed E-state index contributed by atoms with van der Waals surface area (Å²) in [6.07, 6.45) is 0.257. The number of hydrogen-bond donors (Lipinski definition) is 1. The predicted octanol–water partition coefficient (Wildman–Crippen LogP) is 2.97. The van der Waals surface area contributed by atoms with Gasteiger partial charge < -0.3 is 19.9 Å². The lowest BCUT2D eigenvalue weighted by Crippen LogP contribution is -2.37. The number of nitrogens with zero attached hydrogens (tertiary/aromatic N) is 2. The Kier molecular flexibility index (Phi) is 4.69. The number of aromatic nitrogens is 1. The Morgan fingerprint density at radius 3 is 2.58 bits per heavy atom. The van der Waals surface area contributed by atoms with Gasteiger partial charge in [-0.05, 0) is 37.1 Å². The summed E-state index contributed by atoms with van der Waals surface area (Å²) in [7, 11) is 0. The maximum absolute atomic E-state index is 12.8. The largest absolute Gasteiger partial charge is 0.461 e.